The molecule has 1 atom stereocenters. The third-order valence-electron chi connectivity index (χ3n) is 7.61. The van der Waals surface area contributed by atoms with Crippen LogP contribution in [0.1, 0.15) is 57.6 Å². The van der Waals surface area contributed by atoms with E-state index in [4.69, 9.17) is 9.47 Å². The summed E-state index contributed by atoms with van der Waals surface area (Å²) in [6.45, 7) is 5.80. The summed E-state index contributed by atoms with van der Waals surface area (Å²) < 4.78 is 13.9. The summed E-state index contributed by atoms with van der Waals surface area (Å²) in [5.74, 6) is 1.86. The van der Waals surface area contributed by atoms with Gasteiger partial charge in [0, 0.05) is 12.8 Å². The first kappa shape index (κ1) is 32.3. The van der Waals surface area contributed by atoms with Crippen LogP contribution < -0.4 is 9.47 Å². The van der Waals surface area contributed by atoms with E-state index in [9.17, 15) is 9.90 Å². The van der Waals surface area contributed by atoms with Crippen molar-refractivity contribution < 1.29 is 19.4 Å². The minimum absolute atomic E-state index is 0.301. The molecule has 0 radical (unpaired) electrons. The number of aromatic nitrogens is 2. The number of hydrogen-bond donors (Lipinski definition) is 1. The van der Waals surface area contributed by atoms with E-state index < -0.39 is 5.60 Å². The zero-order valence-electron chi connectivity index (χ0n) is 25.9. The summed E-state index contributed by atoms with van der Waals surface area (Å²) >= 11 is 3.08. The second-order valence-corrected chi connectivity index (χ2v) is 13.1. The summed E-state index contributed by atoms with van der Waals surface area (Å²) in [7, 11) is 0. The Kier molecular flexibility index (Phi) is 10.9. The van der Waals surface area contributed by atoms with Crippen LogP contribution in [0, 0.1) is 0 Å². The lowest BCUT2D eigenvalue weighted by Crippen LogP contribution is -2.23. The Morgan fingerprint density at radius 2 is 1.18 bits per heavy atom. The Morgan fingerprint density at radius 1 is 0.711 bits per heavy atom. The van der Waals surface area contributed by atoms with Crippen LogP contribution in [0.5, 0.6) is 21.9 Å². The molecule has 0 amide bonds. The lowest BCUT2D eigenvalue weighted by Gasteiger charge is -2.20. The van der Waals surface area contributed by atoms with Crippen molar-refractivity contribution >= 4 is 48.9 Å². The molecule has 0 saturated heterocycles. The number of nitrogens with zero attached hydrogens (tertiary/aromatic N) is 2. The quantitative estimate of drug-likeness (QED) is 0.144. The SMILES string of the molecule is CCC(=O)CCc1ccc(Oc2nc3ccccc3s2)cc1.CCC(C)(O)CCc1ccc(Oc2nc3ccccc3s2)cc1. The van der Waals surface area contributed by atoms with Gasteiger partial charge >= 0.3 is 0 Å². The van der Waals surface area contributed by atoms with Crippen molar-refractivity contribution in [3.8, 4) is 21.9 Å². The maximum absolute atomic E-state index is 11.3. The first-order valence-corrected chi connectivity index (χ1v) is 16.9. The molecule has 6 rings (SSSR count). The van der Waals surface area contributed by atoms with Crippen molar-refractivity contribution in [2.24, 2.45) is 0 Å². The van der Waals surface area contributed by atoms with Gasteiger partial charge in [-0.2, -0.15) is 0 Å². The van der Waals surface area contributed by atoms with Gasteiger partial charge in [-0.25, -0.2) is 9.97 Å². The number of ether oxygens (including phenoxy) is 2. The molecule has 1 unspecified atom stereocenters. The predicted molar refractivity (Wildman–Crippen MR) is 185 cm³/mol. The first-order valence-electron chi connectivity index (χ1n) is 15.3. The first-order chi connectivity index (χ1) is 21.8. The number of carbonyl (C=O) groups excluding carboxylic acids is 1. The summed E-state index contributed by atoms with van der Waals surface area (Å²) in [6.07, 6.45) is 4.40. The third-order valence-corrected chi connectivity index (χ3v) is 9.44. The standard InChI is InChI=1S/C19H21NO2S.C18H17NO2S/c1-3-19(2,21)13-12-14-8-10-15(11-9-14)22-18-20-16-6-4-5-7-17(16)23-18;1-2-14(20)10-7-13-8-11-15(12-9-13)21-18-19-16-5-3-4-6-17(16)22-18/h4-11,21H,3,12-13H2,1-2H3;3-6,8-9,11-12H,2,7,10H2,1H3. The van der Waals surface area contributed by atoms with Gasteiger partial charge in [0.25, 0.3) is 10.4 Å². The number of thiazole rings is 2. The van der Waals surface area contributed by atoms with Crippen LogP contribution in [0.4, 0.5) is 0 Å². The summed E-state index contributed by atoms with van der Waals surface area (Å²) in [5, 5.41) is 11.4. The van der Waals surface area contributed by atoms with Gasteiger partial charge < -0.3 is 14.6 Å². The Balaban J connectivity index is 0.000000178. The normalized spacial score (nSPS) is 12.4. The lowest BCUT2D eigenvalue weighted by atomic mass is 9.94. The van der Waals surface area contributed by atoms with E-state index >= 15 is 0 Å². The number of carbonyl (C=O) groups is 1. The minimum Gasteiger partial charge on any atom is -0.431 e. The van der Waals surface area contributed by atoms with E-state index in [1.54, 1.807) is 11.3 Å². The predicted octanol–water partition coefficient (Wildman–Crippen LogP) is 10.2. The average molecular weight is 639 g/mol. The van der Waals surface area contributed by atoms with Crippen molar-refractivity contribution in [1.29, 1.82) is 0 Å². The summed E-state index contributed by atoms with van der Waals surface area (Å²) in [5.41, 5.74) is 3.69. The molecule has 0 aliphatic rings. The Bertz CT molecular complexity index is 1760. The molecule has 0 aliphatic heterocycles. The highest BCUT2D eigenvalue weighted by Gasteiger charge is 2.17. The second-order valence-electron chi connectivity index (χ2n) is 11.1. The fraction of sp³-hybridized carbons (Fsp3) is 0.270. The molecule has 6 nitrogen and oxygen atoms in total. The largest absolute Gasteiger partial charge is 0.431 e. The molecule has 232 valence electrons. The van der Waals surface area contributed by atoms with Crippen molar-refractivity contribution in [2.75, 3.05) is 0 Å². The number of aryl methyl sites for hydroxylation is 2. The minimum atomic E-state index is -0.587. The van der Waals surface area contributed by atoms with Crippen LogP contribution in [-0.2, 0) is 17.6 Å². The molecule has 0 saturated carbocycles. The van der Waals surface area contributed by atoms with E-state index in [-0.39, 0.29) is 0 Å². The Labute approximate surface area is 272 Å². The van der Waals surface area contributed by atoms with E-state index in [1.165, 1.54) is 16.9 Å². The van der Waals surface area contributed by atoms with Crippen LogP contribution in [0.3, 0.4) is 0 Å². The summed E-state index contributed by atoms with van der Waals surface area (Å²) in [4.78, 5) is 20.3. The number of aliphatic hydroxyl groups is 1. The number of ketones is 1. The van der Waals surface area contributed by atoms with Crippen molar-refractivity contribution in [2.45, 2.75) is 64.9 Å². The molecule has 0 fully saturated rings. The molecule has 2 aromatic heterocycles. The zero-order chi connectivity index (χ0) is 31.6. The van der Waals surface area contributed by atoms with Gasteiger partial charge in [0.05, 0.1) is 26.0 Å². The molecule has 1 N–H and O–H groups in total. The van der Waals surface area contributed by atoms with Crippen LogP contribution in [-0.4, -0.2) is 26.5 Å². The van der Waals surface area contributed by atoms with Gasteiger partial charge in [0.2, 0.25) is 0 Å². The van der Waals surface area contributed by atoms with Gasteiger partial charge in [-0.05, 0) is 92.3 Å². The van der Waals surface area contributed by atoms with Crippen LogP contribution >= 0.6 is 22.7 Å². The number of benzene rings is 4. The van der Waals surface area contributed by atoms with Crippen molar-refractivity contribution in [1.82, 2.24) is 9.97 Å². The highest BCUT2D eigenvalue weighted by Crippen LogP contribution is 2.32. The van der Waals surface area contributed by atoms with Crippen molar-refractivity contribution in [3.05, 3.63) is 108 Å². The highest BCUT2D eigenvalue weighted by molar-refractivity contribution is 7.20. The molecular weight excluding hydrogens is 601 g/mol. The zero-order valence-corrected chi connectivity index (χ0v) is 27.5. The van der Waals surface area contributed by atoms with Crippen molar-refractivity contribution in [3.63, 3.8) is 0 Å². The van der Waals surface area contributed by atoms with E-state index in [0.29, 0.717) is 29.0 Å². The van der Waals surface area contributed by atoms with E-state index in [1.807, 2.05) is 118 Å². The molecule has 45 heavy (non-hydrogen) atoms. The monoisotopic (exact) mass is 638 g/mol. The Morgan fingerprint density at radius 3 is 1.62 bits per heavy atom. The Hall–Kier alpha value is -4.11. The molecule has 2 heterocycles. The van der Waals surface area contributed by atoms with E-state index in [2.05, 4.69) is 9.97 Å². The third kappa shape index (κ3) is 9.44. The number of Topliss-reactive ketones (excluding diaryl/α,β-unsaturated/α-hetero) is 1. The van der Waals surface area contributed by atoms with Crippen LogP contribution in [0.15, 0.2) is 97.1 Å². The van der Waals surface area contributed by atoms with Crippen LogP contribution in [0.2, 0.25) is 0 Å². The number of para-hydroxylation sites is 2. The number of rotatable bonds is 12. The van der Waals surface area contributed by atoms with Gasteiger partial charge in [0.15, 0.2) is 0 Å². The highest BCUT2D eigenvalue weighted by atomic mass is 32.1. The number of fused-ring (bicyclic) bond motifs is 2. The van der Waals surface area contributed by atoms with E-state index in [0.717, 1.165) is 63.2 Å². The number of hydrogen-bond acceptors (Lipinski definition) is 8. The molecule has 0 bridgehead atoms. The fourth-order valence-electron chi connectivity index (χ4n) is 4.49. The molecule has 4 aromatic carbocycles. The molecule has 0 aliphatic carbocycles. The summed E-state index contributed by atoms with van der Waals surface area (Å²) in [6, 6.07) is 31.9. The van der Waals surface area contributed by atoms with Gasteiger partial charge in [-0.1, -0.05) is 85.1 Å². The van der Waals surface area contributed by atoms with Crippen LogP contribution in [0.25, 0.3) is 20.4 Å². The molecule has 8 heteroatoms. The van der Waals surface area contributed by atoms with Gasteiger partial charge in [-0.3, -0.25) is 4.79 Å². The smallest absolute Gasteiger partial charge is 0.279 e. The molecule has 0 spiro atoms. The second kappa shape index (κ2) is 15.3. The molecule has 6 aromatic rings. The topological polar surface area (TPSA) is 81.5 Å². The molecular formula is C37H38N2O4S2. The lowest BCUT2D eigenvalue weighted by molar-refractivity contribution is -0.118. The fourth-order valence-corrected chi connectivity index (χ4v) is 6.16. The van der Waals surface area contributed by atoms with Gasteiger partial charge in [0.1, 0.15) is 17.3 Å². The average Bonchev–Trinajstić information content (AvgIpc) is 3.67. The maximum Gasteiger partial charge on any atom is 0.279 e. The van der Waals surface area contributed by atoms with Gasteiger partial charge in [-0.15, -0.1) is 0 Å². The maximum atomic E-state index is 11.3.